The zero-order valence-corrected chi connectivity index (χ0v) is 12.7. The van der Waals surface area contributed by atoms with Crippen LogP contribution in [-0.2, 0) is 0 Å². The van der Waals surface area contributed by atoms with E-state index in [4.69, 9.17) is 22.1 Å². The lowest BCUT2D eigenvalue weighted by atomic mass is 9.87. The van der Waals surface area contributed by atoms with Crippen molar-refractivity contribution in [2.24, 2.45) is 17.6 Å². The number of methoxy groups -OCH3 is 1. The van der Waals surface area contributed by atoms with Gasteiger partial charge in [0.1, 0.15) is 5.75 Å². The molecule has 20 heavy (non-hydrogen) atoms. The normalized spacial score (nSPS) is 22.7. The van der Waals surface area contributed by atoms with E-state index in [9.17, 15) is 4.79 Å². The highest BCUT2D eigenvalue weighted by Gasteiger charge is 2.29. The molecule has 1 amide bonds. The Bertz CT molecular complexity index is 493. The van der Waals surface area contributed by atoms with Gasteiger partial charge in [-0.1, -0.05) is 18.5 Å². The van der Waals surface area contributed by atoms with Crippen molar-refractivity contribution < 1.29 is 9.53 Å². The first-order valence-electron chi connectivity index (χ1n) is 6.89. The average molecular weight is 297 g/mol. The second kappa shape index (κ2) is 6.46. The number of hydrogen-bond acceptors (Lipinski definition) is 3. The predicted molar refractivity (Wildman–Crippen MR) is 80.2 cm³/mol. The summed E-state index contributed by atoms with van der Waals surface area (Å²) >= 11 is 5.93. The van der Waals surface area contributed by atoms with Gasteiger partial charge in [0.05, 0.1) is 12.7 Å². The fraction of sp³-hybridized carbons (Fsp3) is 0.533. The van der Waals surface area contributed by atoms with E-state index in [0.29, 0.717) is 41.3 Å². The highest BCUT2D eigenvalue weighted by Crippen LogP contribution is 2.28. The zero-order chi connectivity index (χ0) is 14.7. The number of nitrogens with zero attached hydrogens (tertiary/aromatic N) is 1. The van der Waals surface area contributed by atoms with Crippen molar-refractivity contribution >= 4 is 17.5 Å². The molecule has 2 rings (SSSR count). The molecule has 1 aromatic carbocycles. The molecule has 4 nitrogen and oxygen atoms in total. The predicted octanol–water partition coefficient (Wildman–Crippen LogP) is 2.41. The molecule has 2 atom stereocenters. The van der Waals surface area contributed by atoms with E-state index in [1.165, 1.54) is 0 Å². The molecule has 1 aliphatic heterocycles. The monoisotopic (exact) mass is 296 g/mol. The van der Waals surface area contributed by atoms with Crippen LogP contribution in [-0.4, -0.2) is 37.6 Å². The van der Waals surface area contributed by atoms with Gasteiger partial charge in [-0.05, 0) is 43.0 Å². The maximum absolute atomic E-state index is 12.6. The topological polar surface area (TPSA) is 55.6 Å². The second-order valence-corrected chi connectivity index (χ2v) is 5.79. The molecule has 0 spiro atoms. The number of rotatable bonds is 3. The number of benzene rings is 1. The molecular weight excluding hydrogens is 276 g/mol. The van der Waals surface area contributed by atoms with E-state index in [1.54, 1.807) is 25.3 Å². The summed E-state index contributed by atoms with van der Waals surface area (Å²) in [4.78, 5) is 14.5. The number of likely N-dealkylation sites (tertiary alicyclic amines) is 1. The van der Waals surface area contributed by atoms with Gasteiger partial charge < -0.3 is 15.4 Å². The van der Waals surface area contributed by atoms with E-state index >= 15 is 0 Å². The summed E-state index contributed by atoms with van der Waals surface area (Å²) in [7, 11) is 1.55. The first kappa shape index (κ1) is 15.1. The van der Waals surface area contributed by atoms with Crippen LogP contribution in [0.15, 0.2) is 18.2 Å². The Kier molecular flexibility index (Phi) is 4.89. The molecule has 1 fully saturated rings. The Morgan fingerprint density at radius 2 is 2.30 bits per heavy atom. The summed E-state index contributed by atoms with van der Waals surface area (Å²) in [6.45, 7) is 4.29. The lowest BCUT2D eigenvalue weighted by Gasteiger charge is -2.36. The molecule has 5 heteroatoms. The molecule has 0 radical (unpaired) electrons. The van der Waals surface area contributed by atoms with Crippen LogP contribution in [0.3, 0.4) is 0 Å². The van der Waals surface area contributed by atoms with Gasteiger partial charge in [-0.25, -0.2) is 0 Å². The van der Waals surface area contributed by atoms with Crippen molar-refractivity contribution in [3.05, 3.63) is 28.8 Å². The molecular formula is C15H21ClN2O2. The van der Waals surface area contributed by atoms with Crippen LogP contribution in [0.5, 0.6) is 5.75 Å². The number of hydrogen-bond donors (Lipinski definition) is 1. The first-order valence-corrected chi connectivity index (χ1v) is 7.27. The first-order chi connectivity index (χ1) is 9.56. The summed E-state index contributed by atoms with van der Waals surface area (Å²) < 4.78 is 5.26. The molecule has 1 heterocycles. The number of ether oxygens (including phenoxy) is 1. The fourth-order valence-electron chi connectivity index (χ4n) is 2.65. The molecule has 1 aliphatic rings. The quantitative estimate of drug-likeness (QED) is 0.932. The van der Waals surface area contributed by atoms with Crippen molar-refractivity contribution in [2.75, 3.05) is 26.7 Å². The smallest absolute Gasteiger partial charge is 0.257 e. The van der Waals surface area contributed by atoms with Crippen molar-refractivity contribution in [3.63, 3.8) is 0 Å². The lowest BCUT2D eigenvalue weighted by Crippen LogP contribution is -2.45. The van der Waals surface area contributed by atoms with Crippen LogP contribution in [0.4, 0.5) is 0 Å². The summed E-state index contributed by atoms with van der Waals surface area (Å²) in [5.41, 5.74) is 6.35. The van der Waals surface area contributed by atoms with Gasteiger partial charge in [0, 0.05) is 18.1 Å². The minimum atomic E-state index is -0.0103. The van der Waals surface area contributed by atoms with E-state index in [2.05, 4.69) is 6.92 Å². The third kappa shape index (κ3) is 3.07. The number of carbonyl (C=O) groups is 1. The van der Waals surface area contributed by atoms with Gasteiger partial charge in [0.25, 0.3) is 5.91 Å². The lowest BCUT2D eigenvalue weighted by molar-refractivity contribution is 0.0615. The maximum atomic E-state index is 12.6. The largest absolute Gasteiger partial charge is 0.496 e. The van der Waals surface area contributed by atoms with E-state index in [0.717, 1.165) is 13.0 Å². The zero-order valence-electron chi connectivity index (χ0n) is 11.9. The van der Waals surface area contributed by atoms with Crippen LogP contribution in [0.2, 0.25) is 5.02 Å². The molecule has 2 N–H and O–H groups in total. The number of halogens is 1. The standard InChI is InChI=1S/C15H21ClN2O2/c1-10-5-6-18(9-11(10)8-17)15(19)13-4-3-12(16)7-14(13)20-2/h3-4,7,10-11H,5-6,8-9,17H2,1-2H3. The van der Waals surface area contributed by atoms with Crippen molar-refractivity contribution in [3.8, 4) is 5.75 Å². The summed E-state index contributed by atoms with van der Waals surface area (Å²) in [5, 5.41) is 0.561. The number of piperidine rings is 1. The molecule has 2 unspecified atom stereocenters. The highest BCUT2D eigenvalue weighted by atomic mass is 35.5. The fourth-order valence-corrected chi connectivity index (χ4v) is 2.81. The third-order valence-corrected chi connectivity index (χ3v) is 4.33. The summed E-state index contributed by atoms with van der Waals surface area (Å²) in [5.74, 6) is 1.44. The Morgan fingerprint density at radius 3 is 2.95 bits per heavy atom. The summed E-state index contributed by atoms with van der Waals surface area (Å²) in [6, 6.07) is 5.10. The van der Waals surface area contributed by atoms with Gasteiger partial charge in [-0.15, -0.1) is 0 Å². The maximum Gasteiger partial charge on any atom is 0.257 e. The summed E-state index contributed by atoms with van der Waals surface area (Å²) in [6.07, 6.45) is 0.990. The Hall–Kier alpha value is -1.26. The average Bonchev–Trinajstić information content (AvgIpc) is 2.46. The van der Waals surface area contributed by atoms with Crippen LogP contribution in [0.1, 0.15) is 23.7 Å². The van der Waals surface area contributed by atoms with E-state index in [-0.39, 0.29) is 5.91 Å². The Balaban J connectivity index is 2.19. The number of amides is 1. The van der Waals surface area contributed by atoms with Crippen molar-refractivity contribution in [2.45, 2.75) is 13.3 Å². The molecule has 0 bridgehead atoms. The Labute approximate surface area is 124 Å². The van der Waals surface area contributed by atoms with Crippen LogP contribution >= 0.6 is 11.6 Å². The van der Waals surface area contributed by atoms with E-state index in [1.807, 2.05) is 4.90 Å². The molecule has 1 saturated heterocycles. The second-order valence-electron chi connectivity index (χ2n) is 5.36. The van der Waals surface area contributed by atoms with Gasteiger partial charge in [-0.3, -0.25) is 4.79 Å². The molecule has 1 aromatic rings. The van der Waals surface area contributed by atoms with Crippen LogP contribution in [0, 0.1) is 11.8 Å². The van der Waals surface area contributed by atoms with Crippen LogP contribution in [0.25, 0.3) is 0 Å². The third-order valence-electron chi connectivity index (χ3n) is 4.10. The molecule has 0 aromatic heterocycles. The number of nitrogens with two attached hydrogens (primary N) is 1. The molecule has 110 valence electrons. The molecule has 0 aliphatic carbocycles. The van der Waals surface area contributed by atoms with Gasteiger partial charge in [0.15, 0.2) is 0 Å². The van der Waals surface area contributed by atoms with Crippen LogP contribution < -0.4 is 10.5 Å². The minimum Gasteiger partial charge on any atom is -0.496 e. The molecule has 0 saturated carbocycles. The SMILES string of the molecule is COc1cc(Cl)ccc1C(=O)N1CCC(C)C(CN)C1. The van der Waals surface area contributed by atoms with E-state index < -0.39 is 0 Å². The van der Waals surface area contributed by atoms with Crippen molar-refractivity contribution in [1.29, 1.82) is 0 Å². The highest BCUT2D eigenvalue weighted by molar-refractivity contribution is 6.30. The van der Waals surface area contributed by atoms with Crippen molar-refractivity contribution in [1.82, 2.24) is 4.90 Å². The van der Waals surface area contributed by atoms with Gasteiger partial charge in [-0.2, -0.15) is 0 Å². The Morgan fingerprint density at radius 1 is 1.55 bits per heavy atom. The van der Waals surface area contributed by atoms with Gasteiger partial charge >= 0.3 is 0 Å². The van der Waals surface area contributed by atoms with Gasteiger partial charge in [0.2, 0.25) is 0 Å². The minimum absolute atomic E-state index is 0.0103. The number of carbonyl (C=O) groups excluding carboxylic acids is 1.